The number of aromatic nitrogens is 2. The van der Waals surface area contributed by atoms with E-state index in [-0.39, 0.29) is 33.0 Å². The molecule has 0 saturated carbocycles. The Balaban J connectivity index is 1.78. The first-order valence-electron chi connectivity index (χ1n) is 8.12. The summed E-state index contributed by atoms with van der Waals surface area (Å²) in [4.78, 5) is 28.8. The molecular weight excluding hydrogens is 442 g/mol. The highest BCUT2D eigenvalue weighted by molar-refractivity contribution is 7.11. The van der Waals surface area contributed by atoms with Crippen LogP contribution in [0.4, 0.5) is 9.39 Å². The van der Waals surface area contributed by atoms with Crippen LogP contribution in [0.1, 0.15) is 32.1 Å². The highest BCUT2D eigenvalue weighted by Crippen LogP contribution is 2.31. The first-order valence-corrected chi connectivity index (χ1v) is 9.65. The van der Waals surface area contributed by atoms with Crippen LogP contribution in [0.25, 0.3) is 0 Å². The molecule has 2 aromatic heterocycles. The highest BCUT2D eigenvalue weighted by Gasteiger charge is 2.22. The first kappa shape index (κ1) is 21.0. The Labute approximate surface area is 178 Å². The number of amides is 2. The number of aromatic hydroxyl groups is 1. The molecule has 2 amide bonds. The van der Waals surface area contributed by atoms with E-state index in [1.54, 1.807) is 25.1 Å². The lowest BCUT2D eigenvalue weighted by Crippen LogP contribution is -2.25. The standard InChI is InChI=1S/C18H13Cl2FN4O3S/c1-8-13(17(28)22-7-9-4-2-3-5-11(9)21)18(29-25-8)24-16(27)12-6-10(19)14(26)15(20)23-12/h2-6,26H,7H2,1H3,(H,22,28)(H,24,27). The van der Waals surface area contributed by atoms with Gasteiger partial charge in [-0.05, 0) is 30.6 Å². The Hall–Kier alpha value is -2.75. The second-order valence-corrected chi connectivity index (χ2v) is 7.37. The fourth-order valence-electron chi connectivity index (χ4n) is 2.39. The number of rotatable bonds is 5. The van der Waals surface area contributed by atoms with E-state index in [9.17, 15) is 19.1 Å². The Morgan fingerprint density at radius 3 is 2.66 bits per heavy atom. The van der Waals surface area contributed by atoms with Gasteiger partial charge in [-0.3, -0.25) is 9.59 Å². The average molecular weight is 455 g/mol. The van der Waals surface area contributed by atoms with Crippen LogP contribution in [0.15, 0.2) is 30.3 Å². The zero-order valence-corrected chi connectivity index (χ0v) is 17.1. The van der Waals surface area contributed by atoms with Gasteiger partial charge in [-0.15, -0.1) is 0 Å². The molecule has 0 aliphatic rings. The van der Waals surface area contributed by atoms with Crippen molar-refractivity contribution in [2.75, 3.05) is 5.32 Å². The van der Waals surface area contributed by atoms with Gasteiger partial charge in [-0.1, -0.05) is 41.4 Å². The maximum absolute atomic E-state index is 13.7. The zero-order chi connectivity index (χ0) is 21.1. The number of nitrogens with zero attached hydrogens (tertiary/aromatic N) is 2. The Bertz CT molecular complexity index is 1080. The van der Waals surface area contributed by atoms with Gasteiger partial charge in [0, 0.05) is 12.1 Å². The molecule has 0 spiro atoms. The maximum Gasteiger partial charge on any atom is 0.275 e. The minimum atomic E-state index is -0.694. The van der Waals surface area contributed by atoms with Crippen molar-refractivity contribution in [3.05, 3.63) is 68.8 Å². The van der Waals surface area contributed by atoms with Gasteiger partial charge in [-0.25, -0.2) is 9.37 Å². The fraction of sp³-hybridized carbons (Fsp3) is 0.111. The summed E-state index contributed by atoms with van der Waals surface area (Å²) >= 11 is 12.4. The summed E-state index contributed by atoms with van der Waals surface area (Å²) in [6.45, 7) is 1.58. The molecule has 1 aromatic carbocycles. The van der Waals surface area contributed by atoms with Gasteiger partial charge >= 0.3 is 0 Å². The van der Waals surface area contributed by atoms with Crippen molar-refractivity contribution in [3.8, 4) is 5.75 Å². The minimum absolute atomic E-state index is 0.0289. The zero-order valence-electron chi connectivity index (χ0n) is 14.8. The molecule has 3 rings (SSSR count). The number of nitrogens with one attached hydrogen (secondary N) is 2. The van der Waals surface area contributed by atoms with Gasteiger partial charge in [0.2, 0.25) is 0 Å². The third-order valence-electron chi connectivity index (χ3n) is 3.85. The van der Waals surface area contributed by atoms with Crippen LogP contribution >= 0.6 is 34.7 Å². The van der Waals surface area contributed by atoms with Crippen LogP contribution in [0.3, 0.4) is 0 Å². The Morgan fingerprint density at radius 2 is 1.97 bits per heavy atom. The smallest absolute Gasteiger partial charge is 0.275 e. The maximum atomic E-state index is 13.7. The summed E-state index contributed by atoms with van der Waals surface area (Å²) in [6, 6.07) is 7.21. The fourth-order valence-corrected chi connectivity index (χ4v) is 3.61. The largest absolute Gasteiger partial charge is 0.504 e. The third kappa shape index (κ3) is 4.64. The summed E-state index contributed by atoms with van der Waals surface area (Å²) < 4.78 is 17.8. The predicted molar refractivity (Wildman–Crippen MR) is 108 cm³/mol. The molecule has 11 heteroatoms. The number of pyridine rings is 1. The number of halogens is 3. The van der Waals surface area contributed by atoms with E-state index in [1.807, 2.05) is 0 Å². The Kier molecular flexibility index (Phi) is 6.31. The van der Waals surface area contributed by atoms with Gasteiger partial charge in [0.25, 0.3) is 11.8 Å². The van der Waals surface area contributed by atoms with E-state index < -0.39 is 23.4 Å². The molecule has 29 heavy (non-hydrogen) atoms. The predicted octanol–water partition coefficient (Wildman–Crippen LogP) is 4.18. The van der Waals surface area contributed by atoms with E-state index in [1.165, 1.54) is 6.07 Å². The quantitative estimate of drug-likeness (QED) is 0.501. The van der Waals surface area contributed by atoms with Crippen LogP contribution in [-0.4, -0.2) is 26.3 Å². The van der Waals surface area contributed by atoms with Gasteiger partial charge in [0.05, 0.1) is 16.3 Å². The van der Waals surface area contributed by atoms with Crippen LogP contribution < -0.4 is 10.6 Å². The molecular formula is C18H13Cl2FN4O3S. The van der Waals surface area contributed by atoms with Crippen LogP contribution in [-0.2, 0) is 6.54 Å². The molecule has 0 saturated heterocycles. The van der Waals surface area contributed by atoms with Crippen molar-refractivity contribution in [1.29, 1.82) is 0 Å². The molecule has 0 fully saturated rings. The number of carbonyl (C=O) groups excluding carboxylic acids is 2. The SMILES string of the molecule is Cc1nsc(NC(=O)c2cc(Cl)c(O)c(Cl)n2)c1C(=O)NCc1ccccc1F. The topological polar surface area (TPSA) is 104 Å². The van der Waals surface area contributed by atoms with Gasteiger partial charge in [0.1, 0.15) is 16.5 Å². The second-order valence-electron chi connectivity index (χ2n) is 5.83. The molecule has 7 nitrogen and oxygen atoms in total. The summed E-state index contributed by atoms with van der Waals surface area (Å²) in [6.07, 6.45) is 0. The lowest BCUT2D eigenvalue weighted by atomic mass is 10.2. The van der Waals surface area contributed by atoms with E-state index in [0.29, 0.717) is 11.3 Å². The van der Waals surface area contributed by atoms with Crippen molar-refractivity contribution in [3.63, 3.8) is 0 Å². The van der Waals surface area contributed by atoms with Crippen LogP contribution in [0.5, 0.6) is 5.75 Å². The van der Waals surface area contributed by atoms with E-state index in [2.05, 4.69) is 20.0 Å². The lowest BCUT2D eigenvalue weighted by Gasteiger charge is -2.09. The minimum Gasteiger partial charge on any atom is -0.504 e. The lowest BCUT2D eigenvalue weighted by molar-refractivity contribution is 0.0951. The van der Waals surface area contributed by atoms with Crippen molar-refractivity contribution >= 4 is 51.5 Å². The monoisotopic (exact) mass is 454 g/mol. The van der Waals surface area contributed by atoms with Crippen molar-refractivity contribution < 1.29 is 19.1 Å². The number of hydrogen-bond donors (Lipinski definition) is 3. The van der Waals surface area contributed by atoms with E-state index in [0.717, 1.165) is 17.6 Å². The van der Waals surface area contributed by atoms with E-state index in [4.69, 9.17) is 23.2 Å². The molecule has 0 bridgehead atoms. The highest BCUT2D eigenvalue weighted by atomic mass is 35.5. The second kappa shape index (κ2) is 8.73. The average Bonchev–Trinajstić information content (AvgIpc) is 3.05. The summed E-state index contributed by atoms with van der Waals surface area (Å²) in [5.74, 6) is -2.09. The number of anilines is 1. The molecule has 150 valence electrons. The number of benzene rings is 1. The molecule has 0 unspecified atom stereocenters. The van der Waals surface area contributed by atoms with Crippen molar-refractivity contribution in [2.24, 2.45) is 0 Å². The van der Waals surface area contributed by atoms with Crippen molar-refractivity contribution in [2.45, 2.75) is 13.5 Å². The molecule has 2 heterocycles. The van der Waals surface area contributed by atoms with Crippen LogP contribution in [0, 0.1) is 12.7 Å². The third-order valence-corrected chi connectivity index (χ3v) is 5.26. The number of carbonyl (C=O) groups is 2. The molecule has 3 N–H and O–H groups in total. The van der Waals surface area contributed by atoms with Crippen molar-refractivity contribution in [1.82, 2.24) is 14.7 Å². The normalized spacial score (nSPS) is 10.6. The van der Waals surface area contributed by atoms with Gasteiger partial charge in [0.15, 0.2) is 10.9 Å². The molecule has 3 aromatic rings. The van der Waals surface area contributed by atoms with Gasteiger partial charge in [-0.2, -0.15) is 4.37 Å². The van der Waals surface area contributed by atoms with Crippen LogP contribution in [0.2, 0.25) is 10.2 Å². The van der Waals surface area contributed by atoms with E-state index >= 15 is 0 Å². The number of hydrogen-bond acceptors (Lipinski definition) is 6. The first-order chi connectivity index (χ1) is 13.8. The number of aryl methyl sites for hydroxylation is 1. The summed E-state index contributed by atoms with van der Waals surface area (Å²) in [5, 5.41) is 14.4. The Morgan fingerprint density at radius 1 is 1.24 bits per heavy atom. The molecule has 0 aliphatic heterocycles. The molecule has 0 radical (unpaired) electrons. The molecule has 0 atom stereocenters. The summed E-state index contributed by atoms with van der Waals surface area (Å²) in [5.41, 5.74) is 0.716. The summed E-state index contributed by atoms with van der Waals surface area (Å²) in [7, 11) is 0. The molecule has 0 aliphatic carbocycles. The van der Waals surface area contributed by atoms with Gasteiger partial charge < -0.3 is 15.7 Å².